The number of carbonyl (C=O) groups excluding carboxylic acids is 3. The molecule has 130 valence electrons. The minimum Gasteiger partial charge on any atom is -0.303 e. The van der Waals surface area contributed by atoms with Crippen LogP contribution in [0, 0.1) is 13.8 Å². The van der Waals surface area contributed by atoms with Gasteiger partial charge in [-0.05, 0) is 19.4 Å². The number of benzene rings is 1. The van der Waals surface area contributed by atoms with Gasteiger partial charge in [0.15, 0.2) is 11.0 Å². The van der Waals surface area contributed by atoms with Gasteiger partial charge >= 0.3 is 0 Å². The molecular weight excluding hydrogens is 360 g/mol. The molecule has 3 rings (SSSR count). The fraction of sp³-hybridized carbons (Fsp3) is 0.312. The predicted octanol–water partition coefficient (Wildman–Crippen LogP) is 2.23. The average molecular weight is 376 g/mol. The third-order valence-corrected chi connectivity index (χ3v) is 5.53. The summed E-state index contributed by atoms with van der Waals surface area (Å²) in [5.41, 5.74) is 2.63. The van der Waals surface area contributed by atoms with Crippen molar-refractivity contribution in [3.05, 3.63) is 34.9 Å². The fourth-order valence-electron chi connectivity index (χ4n) is 2.47. The summed E-state index contributed by atoms with van der Waals surface area (Å²) in [6, 6.07) is 5.64. The van der Waals surface area contributed by atoms with Crippen LogP contribution in [0.3, 0.4) is 0 Å². The summed E-state index contributed by atoms with van der Waals surface area (Å²) in [6.45, 7) is 3.86. The number of rotatable bonds is 4. The Hall–Kier alpha value is -2.13. The standard InChI is InChI=1S/C16H16N4O3S2/c1-8-3-4-10(9(2)5-8)11(21)6-12-14(22)18-15(25-12)20-19-13-7-24-16(23)17-13/h3-5,12H,6-7H2,1-2H3,(H,17,19,23)(H,18,20,22)/t12-/m1/s1. The maximum absolute atomic E-state index is 12.5. The third-order valence-electron chi connectivity index (χ3n) is 3.68. The Labute approximate surface area is 153 Å². The van der Waals surface area contributed by atoms with Crippen LogP contribution in [-0.2, 0) is 4.79 Å². The minimum atomic E-state index is -0.528. The Morgan fingerprint density at radius 2 is 2.04 bits per heavy atom. The number of hydrogen-bond acceptors (Lipinski definition) is 7. The zero-order valence-electron chi connectivity index (χ0n) is 13.7. The highest BCUT2D eigenvalue weighted by Crippen LogP contribution is 2.25. The van der Waals surface area contributed by atoms with E-state index in [4.69, 9.17) is 0 Å². The number of aryl methyl sites for hydroxylation is 2. The molecule has 2 fully saturated rings. The zero-order valence-corrected chi connectivity index (χ0v) is 15.3. The quantitative estimate of drug-likeness (QED) is 0.620. The van der Waals surface area contributed by atoms with Crippen molar-refractivity contribution in [1.82, 2.24) is 10.6 Å². The third kappa shape index (κ3) is 4.29. The number of hydrogen-bond donors (Lipinski definition) is 2. The van der Waals surface area contributed by atoms with Crippen LogP contribution in [0.25, 0.3) is 0 Å². The van der Waals surface area contributed by atoms with Gasteiger partial charge in [-0.15, -0.1) is 10.2 Å². The topological polar surface area (TPSA) is 100.0 Å². The maximum Gasteiger partial charge on any atom is 0.284 e. The molecule has 2 aliphatic heterocycles. The summed E-state index contributed by atoms with van der Waals surface area (Å²) in [6.07, 6.45) is 0.0998. The van der Waals surface area contributed by atoms with Crippen LogP contribution in [0.1, 0.15) is 27.9 Å². The van der Waals surface area contributed by atoms with Gasteiger partial charge in [-0.1, -0.05) is 47.3 Å². The molecule has 2 heterocycles. The van der Waals surface area contributed by atoms with Crippen molar-refractivity contribution < 1.29 is 14.4 Å². The van der Waals surface area contributed by atoms with Gasteiger partial charge in [-0.3, -0.25) is 14.4 Å². The SMILES string of the molecule is Cc1ccc(C(=O)C[C@H]2S/C(=N\N=C3\CSC(=O)N3)NC2=O)c(C)c1. The molecule has 0 unspecified atom stereocenters. The molecule has 2 aliphatic rings. The second-order valence-electron chi connectivity index (χ2n) is 5.69. The molecule has 0 spiro atoms. The lowest BCUT2D eigenvalue weighted by molar-refractivity contribution is -0.118. The summed E-state index contributed by atoms with van der Waals surface area (Å²) in [5.74, 6) is 0.555. The van der Waals surface area contributed by atoms with Crippen LogP contribution in [0.5, 0.6) is 0 Å². The number of amidine groups is 2. The van der Waals surface area contributed by atoms with E-state index in [2.05, 4.69) is 20.8 Å². The van der Waals surface area contributed by atoms with Crippen LogP contribution >= 0.6 is 23.5 Å². The molecule has 0 bridgehead atoms. The molecule has 0 aliphatic carbocycles. The lowest BCUT2D eigenvalue weighted by atomic mass is 9.99. The first-order valence-electron chi connectivity index (χ1n) is 7.58. The maximum atomic E-state index is 12.5. The van der Waals surface area contributed by atoms with Gasteiger partial charge in [0.25, 0.3) is 5.24 Å². The van der Waals surface area contributed by atoms with Crippen molar-refractivity contribution in [2.24, 2.45) is 10.2 Å². The van der Waals surface area contributed by atoms with Crippen LogP contribution in [0.15, 0.2) is 28.4 Å². The average Bonchev–Trinajstić information content (AvgIpc) is 3.11. The molecular formula is C16H16N4O3S2. The monoisotopic (exact) mass is 376 g/mol. The number of ketones is 1. The minimum absolute atomic E-state index is 0.0721. The van der Waals surface area contributed by atoms with E-state index in [1.165, 1.54) is 11.8 Å². The molecule has 25 heavy (non-hydrogen) atoms. The first-order valence-corrected chi connectivity index (χ1v) is 9.45. The van der Waals surface area contributed by atoms with E-state index < -0.39 is 5.25 Å². The summed E-state index contributed by atoms with van der Waals surface area (Å²) >= 11 is 2.29. The van der Waals surface area contributed by atoms with E-state index in [9.17, 15) is 14.4 Å². The second-order valence-corrected chi connectivity index (χ2v) is 7.83. The predicted molar refractivity (Wildman–Crippen MR) is 100 cm³/mol. The van der Waals surface area contributed by atoms with E-state index in [0.717, 1.165) is 22.9 Å². The number of carbonyl (C=O) groups is 3. The molecule has 7 nitrogen and oxygen atoms in total. The Kier molecular flexibility index (Phi) is 5.24. The smallest absolute Gasteiger partial charge is 0.284 e. The van der Waals surface area contributed by atoms with Gasteiger partial charge in [0.2, 0.25) is 5.91 Å². The van der Waals surface area contributed by atoms with Gasteiger partial charge in [0.1, 0.15) is 5.84 Å². The van der Waals surface area contributed by atoms with Gasteiger partial charge < -0.3 is 10.6 Å². The molecule has 1 atom stereocenters. The molecule has 0 saturated carbocycles. The van der Waals surface area contributed by atoms with Crippen molar-refractivity contribution in [1.29, 1.82) is 0 Å². The molecule has 0 aromatic heterocycles. The van der Waals surface area contributed by atoms with Gasteiger partial charge in [0, 0.05) is 12.0 Å². The van der Waals surface area contributed by atoms with Crippen LogP contribution in [-0.4, -0.2) is 38.9 Å². The van der Waals surface area contributed by atoms with Gasteiger partial charge in [-0.25, -0.2) is 0 Å². The lowest BCUT2D eigenvalue weighted by Crippen LogP contribution is -2.26. The van der Waals surface area contributed by atoms with E-state index in [1.54, 1.807) is 6.07 Å². The molecule has 2 saturated heterocycles. The number of nitrogens with one attached hydrogen (secondary N) is 2. The van der Waals surface area contributed by atoms with E-state index in [-0.39, 0.29) is 23.4 Å². The molecule has 1 aromatic carbocycles. The number of Topliss-reactive ketones (excluding diaryl/α,β-unsaturated/α-hetero) is 1. The van der Waals surface area contributed by atoms with Crippen LogP contribution in [0.2, 0.25) is 0 Å². The molecule has 2 N–H and O–H groups in total. The summed E-state index contributed by atoms with van der Waals surface area (Å²) in [5, 5.41) is 12.7. The first kappa shape index (κ1) is 17.7. The van der Waals surface area contributed by atoms with Crippen molar-refractivity contribution in [3.8, 4) is 0 Å². The first-order chi connectivity index (χ1) is 11.9. The van der Waals surface area contributed by atoms with Crippen LogP contribution in [0.4, 0.5) is 4.79 Å². The van der Waals surface area contributed by atoms with Gasteiger partial charge in [-0.2, -0.15) is 0 Å². The molecule has 9 heteroatoms. The largest absolute Gasteiger partial charge is 0.303 e. The van der Waals surface area contributed by atoms with E-state index >= 15 is 0 Å². The van der Waals surface area contributed by atoms with Crippen molar-refractivity contribution in [2.75, 3.05) is 5.75 Å². The highest BCUT2D eigenvalue weighted by atomic mass is 32.2. The number of amides is 2. The normalized spacial score (nSPS) is 23.2. The van der Waals surface area contributed by atoms with Crippen molar-refractivity contribution in [3.63, 3.8) is 0 Å². The lowest BCUT2D eigenvalue weighted by Gasteiger charge is -2.08. The Morgan fingerprint density at radius 1 is 1.24 bits per heavy atom. The van der Waals surface area contributed by atoms with Crippen molar-refractivity contribution >= 4 is 51.5 Å². The number of thioether (sulfide) groups is 2. The Bertz CT molecular complexity index is 820. The Morgan fingerprint density at radius 3 is 2.72 bits per heavy atom. The summed E-state index contributed by atoms with van der Waals surface area (Å²) < 4.78 is 0. The molecule has 1 aromatic rings. The zero-order chi connectivity index (χ0) is 18.0. The summed E-state index contributed by atoms with van der Waals surface area (Å²) in [4.78, 5) is 35.6. The summed E-state index contributed by atoms with van der Waals surface area (Å²) in [7, 11) is 0. The van der Waals surface area contributed by atoms with Crippen LogP contribution < -0.4 is 10.6 Å². The fourth-order valence-corrected chi connectivity index (χ4v) is 3.98. The molecule has 2 amide bonds. The highest BCUT2D eigenvalue weighted by Gasteiger charge is 2.32. The van der Waals surface area contributed by atoms with Crippen molar-refractivity contribution in [2.45, 2.75) is 25.5 Å². The van der Waals surface area contributed by atoms with Gasteiger partial charge in [0.05, 0.1) is 11.0 Å². The second kappa shape index (κ2) is 7.40. The van der Waals surface area contributed by atoms with E-state index in [1.807, 2.05) is 26.0 Å². The number of nitrogens with zero attached hydrogens (tertiary/aromatic N) is 2. The Balaban J connectivity index is 1.65. The highest BCUT2D eigenvalue weighted by molar-refractivity contribution is 8.15. The van der Waals surface area contributed by atoms with E-state index in [0.29, 0.717) is 22.3 Å². The molecule has 0 radical (unpaired) electrons.